The van der Waals surface area contributed by atoms with Crippen molar-refractivity contribution in [2.24, 2.45) is 0 Å². The number of methoxy groups -OCH3 is 1. The summed E-state index contributed by atoms with van der Waals surface area (Å²) in [7, 11) is 1.38. The number of esters is 1. The molecule has 0 bridgehead atoms. The van der Waals surface area contributed by atoms with Gasteiger partial charge >= 0.3 is 5.97 Å². The van der Waals surface area contributed by atoms with Crippen LogP contribution in [0.4, 0.5) is 0 Å². The molecule has 0 saturated heterocycles. The first-order valence-electron chi connectivity index (χ1n) is 2.89. The fraction of sp³-hybridized carbons (Fsp3) is 0.571. The van der Waals surface area contributed by atoms with Gasteiger partial charge in [-0.2, -0.15) is 0 Å². The summed E-state index contributed by atoms with van der Waals surface area (Å²) in [6.45, 7) is 0. The average molecular weight is 252 g/mol. The zero-order valence-electron chi connectivity index (χ0n) is 5.82. The molecule has 0 unspecified atom stereocenters. The first kappa shape index (κ1) is 9.76. The van der Waals surface area contributed by atoms with Crippen LogP contribution >= 0.6 is 22.6 Å². The van der Waals surface area contributed by atoms with E-state index in [1.165, 1.54) is 7.11 Å². The summed E-state index contributed by atoms with van der Waals surface area (Å²) in [6.07, 6.45) is 1.01. The number of rotatable bonds is 2. The van der Waals surface area contributed by atoms with E-state index in [4.69, 9.17) is 0 Å². The van der Waals surface area contributed by atoms with Crippen molar-refractivity contribution in [1.82, 2.24) is 0 Å². The van der Waals surface area contributed by atoms with E-state index in [0.29, 0.717) is 12.8 Å². The monoisotopic (exact) mass is 252 g/mol. The van der Waals surface area contributed by atoms with Gasteiger partial charge in [-0.25, -0.2) is 0 Å². The van der Waals surface area contributed by atoms with Gasteiger partial charge in [0.15, 0.2) is 0 Å². The van der Waals surface area contributed by atoms with Gasteiger partial charge in [-0.3, -0.25) is 4.79 Å². The van der Waals surface area contributed by atoms with Crippen molar-refractivity contribution in [3.8, 4) is 11.8 Å². The summed E-state index contributed by atoms with van der Waals surface area (Å²) >= 11 is 2.16. The van der Waals surface area contributed by atoms with Crippen molar-refractivity contribution >= 4 is 28.6 Å². The molecule has 0 rings (SSSR count). The van der Waals surface area contributed by atoms with Crippen LogP contribution in [-0.4, -0.2) is 17.5 Å². The van der Waals surface area contributed by atoms with E-state index in [1.54, 1.807) is 0 Å². The maximum atomic E-state index is 10.5. The molecule has 0 heterocycles. The van der Waals surface area contributed by atoms with E-state index in [2.05, 4.69) is 39.2 Å². The maximum absolute atomic E-state index is 10.5. The molecule has 56 valence electrons. The third kappa shape index (κ3) is 5.89. The van der Waals surface area contributed by atoms with Crippen molar-refractivity contribution in [3.63, 3.8) is 0 Å². The molecular weight excluding hydrogens is 243 g/mol. The minimum atomic E-state index is -0.192. The van der Waals surface area contributed by atoms with Crippen molar-refractivity contribution in [1.29, 1.82) is 0 Å². The lowest BCUT2D eigenvalue weighted by molar-refractivity contribution is -0.140. The highest BCUT2D eigenvalue weighted by molar-refractivity contribution is 14.1. The van der Waals surface area contributed by atoms with Gasteiger partial charge in [0.2, 0.25) is 0 Å². The Balaban J connectivity index is 3.27. The molecule has 0 saturated carbocycles. The highest BCUT2D eigenvalue weighted by atomic mass is 127. The molecule has 0 atom stereocenters. The van der Waals surface area contributed by atoms with E-state index in [9.17, 15) is 4.79 Å². The van der Waals surface area contributed by atoms with E-state index < -0.39 is 0 Å². The van der Waals surface area contributed by atoms with E-state index in [1.807, 2.05) is 0 Å². The molecule has 10 heavy (non-hydrogen) atoms. The smallest absolute Gasteiger partial charge is 0.306 e. The molecule has 0 aromatic heterocycles. The third-order valence-electron chi connectivity index (χ3n) is 0.874. The number of alkyl halides is 1. The predicted molar refractivity (Wildman–Crippen MR) is 47.9 cm³/mol. The molecule has 0 aliphatic carbocycles. The van der Waals surface area contributed by atoms with Crippen LogP contribution in [0, 0.1) is 11.8 Å². The molecule has 0 fully saturated rings. The summed E-state index contributed by atoms with van der Waals surface area (Å²) < 4.78 is 5.24. The summed E-state index contributed by atoms with van der Waals surface area (Å²) in [5.74, 6) is 5.51. The van der Waals surface area contributed by atoms with Crippen LogP contribution in [0.3, 0.4) is 0 Å². The fourth-order valence-electron chi connectivity index (χ4n) is 0.402. The highest BCUT2D eigenvalue weighted by Crippen LogP contribution is 1.89. The molecule has 0 aromatic rings. The van der Waals surface area contributed by atoms with Crippen LogP contribution < -0.4 is 0 Å². The minimum Gasteiger partial charge on any atom is -0.469 e. The molecule has 0 aliphatic heterocycles. The number of carbonyl (C=O) groups is 1. The third-order valence-corrected chi connectivity index (χ3v) is 1.26. The number of ether oxygens (including phenoxy) is 1. The molecule has 0 aliphatic rings. The zero-order chi connectivity index (χ0) is 7.82. The SMILES string of the molecule is COC(=O)CCC#CCI. The molecule has 0 N–H and O–H groups in total. The van der Waals surface area contributed by atoms with Crippen LogP contribution in [0.15, 0.2) is 0 Å². The second kappa shape index (κ2) is 6.87. The Hall–Kier alpha value is -0.240. The molecule has 2 nitrogen and oxygen atoms in total. The summed E-state index contributed by atoms with van der Waals surface area (Å²) in [6, 6.07) is 0. The second-order valence-electron chi connectivity index (χ2n) is 1.56. The normalized spacial score (nSPS) is 7.80. The molecule has 0 aromatic carbocycles. The van der Waals surface area contributed by atoms with Crippen molar-refractivity contribution in [2.75, 3.05) is 11.5 Å². The second-order valence-corrected chi connectivity index (χ2v) is 2.33. The number of hydrogen-bond donors (Lipinski definition) is 0. The Labute approximate surface area is 74.5 Å². The van der Waals surface area contributed by atoms with Gasteiger partial charge in [0, 0.05) is 6.42 Å². The largest absolute Gasteiger partial charge is 0.469 e. The van der Waals surface area contributed by atoms with E-state index in [0.717, 1.165) is 4.43 Å². The standard InChI is InChI=1S/C7H9IO2/c1-10-7(9)5-3-2-4-6-8/h3,5-6H2,1H3. The summed E-state index contributed by atoms with van der Waals surface area (Å²) in [5, 5.41) is 0. The Bertz CT molecular complexity index is 155. The van der Waals surface area contributed by atoms with Crippen LogP contribution in [0.5, 0.6) is 0 Å². The quantitative estimate of drug-likeness (QED) is 0.321. The minimum absolute atomic E-state index is 0.192. The van der Waals surface area contributed by atoms with E-state index >= 15 is 0 Å². The van der Waals surface area contributed by atoms with Gasteiger partial charge in [0.25, 0.3) is 0 Å². The lowest BCUT2D eigenvalue weighted by Crippen LogP contribution is -1.98. The molecule has 0 radical (unpaired) electrons. The number of hydrogen-bond acceptors (Lipinski definition) is 2. The first-order valence-corrected chi connectivity index (χ1v) is 4.42. The average Bonchev–Trinajstić information content (AvgIpc) is 1.98. The van der Waals surface area contributed by atoms with Crippen molar-refractivity contribution in [3.05, 3.63) is 0 Å². The number of carbonyl (C=O) groups excluding carboxylic acids is 1. The summed E-state index contributed by atoms with van der Waals surface area (Å²) in [4.78, 5) is 10.5. The number of halogens is 1. The Kier molecular flexibility index (Phi) is 6.71. The van der Waals surface area contributed by atoms with Crippen molar-refractivity contribution < 1.29 is 9.53 Å². The van der Waals surface area contributed by atoms with Gasteiger partial charge in [0.1, 0.15) is 0 Å². The molecule has 0 amide bonds. The Morgan fingerprint density at radius 3 is 2.80 bits per heavy atom. The van der Waals surface area contributed by atoms with Gasteiger partial charge in [-0.15, -0.1) is 5.92 Å². The zero-order valence-corrected chi connectivity index (χ0v) is 7.97. The van der Waals surface area contributed by atoms with Gasteiger partial charge in [0.05, 0.1) is 18.0 Å². The van der Waals surface area contributed by atoms with E-state index in [-0.39, 0.29) is 5.97 Å². The Morgan fingerprint density at radius 1 is 1.60 bits per heavy atom. The van der Waals surface area contributed by atoms with Crippen LogP contribution in [0.1, 0.15) is 12.8 Å². The van der Waals surface area contributed by atoms with Crippen molar-refractivity contribution in [2.45, 2.75) is 12.8 Å². The topological polar surface area (TPSA) is 26.3 Å². The van der Waals surface area contributed by atoms with Gasteiger partial charge in [-0.05, 0) is 0 Å². The van der Waals surface area contributed by atoms with Crippen LogP contribution in [0.25, 0.3) is 0 Å². The molecule has 3 heteroatoms. The van der Waals surface area contributed by atoms with Gasteiger partial charge < -0.3 is 4.74 Å². The summed E-state index contributed by atoms with van der Waals surface area (Å²) in [5.41, 5.74) is 0. The highest BCUT2D eigenvalue weighted by Gasteiger charge is 1.94. The van der Waals surface area contributed by atoms with Crippen LogP contribution in [0.2, 0.25) is 0 Å². The Morgan fingerprint density at radius 2 is 2.30 bits per heavy atom. The predicted octanol–water partition coefficient (Wildman–Crippen LogP) is 1.38. The van der Waals surface area contributed by atoms with Gasteiger partial charge in [-0.1, -0.05) is 28.5 Å². The lowest BCUT2D eigenvalue weighted by atomic mass is 10.3. The molecular formula is C7H9IO2. The fourth-order valence-corrected chi connectivity index (χ4v) is 0.672. The lowest BCUT2D eigenvalue weighted by Gasteiger charge is -1.91. The van der Waals surface area contributed by atoms with Crippen LogP contribution in [-0.2, 0) is 9.53 Å². The first-order chi connectivity index (χ1) is 4.81. The molecule has 0 spiro atoms. The maximum Gasteiger partial charge on any atom is 0.306 e.